The van der Waals surface area contributed by atoms with E-state index in [1.165, 1.54) is 3.96 Å². The van der Waals surface area contributed by atoms with Gasteiger partial charge in [0.15, 0.2) is 12.8 Å². The smallest absolute Gasteiger partial charge is 0.366 e. The largest absolute Gasteiger partial charge is 0.439 e. The molecule has 35 heavy (non-hydrogen) atoms. The van der Waals surface area contributed by atoms with Crippen LogP contribution in [-0.4, -0.2) is 33.0 Å². The fourth-order valence-electron chi connectivity index (χ4n) is 3.13. The minimum absolute atomic E-state index is 0.106. The van der Waals surface area contributed by atoms with Gasteiger partial charge in [-0.2, -0.15) is 4.99 Å². The number of rotatable bonds is 10. The van der Waals surface area contributed by atoms with Crippen LogP contribution in [-0.2, 0) is 22.8 Å². The molecule has 1 atom stereocenters. The monoisotopic (exact) mass is 539 g/mol. The molecule has 6 N–H and O–H groups in total. The summed E-state index contributed by atoms with van der Waals surface area (Å²) in [6, 6.07) is 12.7. The molecule has 3 aromatic rings. The Balaban J connectivity index is 1.88. The maximum Gasteiger partial charge on any atom is 0.366 e. The number of carbonyl (C=O) groups excluding carboxylic acids is 2. The van der Waals surface area contributed by atoms with Crippen LogP contribution in [0.5, 0.6) is 0 Å². The van der Waals surface area contributed by atoms with Crippen molar-refractivity contribution in [3.05, 3.63) is 85.0 Å². The van der Waals surface area contributed by atoms with E-state index in [-0.39, 0.29) is 18.1 Å². The van der Waals surface area contributed by atoms with Crippen LogP contribution in [0.25, 0.3) is 0 Å². The lowest BCUT2D eigenvalue weighted by molar-refractivity contribution is -0.411. The van der Waals surface area contributed by atoms with Crippen LogP contribution in [0.1, 0.15) is 35.2 Å². The SMILES string of the molecule is [NH3+]CCCCC([NH3+])C(=O)OCn1c(=NC(=O)c2ccc(Cl)cc2)sn(Cc2ccc(Cl)cc2)c1=O. The van der Waals surface area contributed by atoms with E-state index in [2.05, 4.69) is 16.5 Å². The van der Waals surface area contributed by atoms with Crippen molar-refractivity contribution in [1.82, 2.24) is 8.52 Å². The maximum absolute atomic E-state index is 13.1. The lowest BCUT2D eigenvalue weighted by Crippen LogP contribution is -2.65. The third kappa shape index (κ3) is 7.61. The molecule has 1 heterocycles. The first-order chi connectivity index (χ1) is 16.8. The molecule has 0 saturated heterocycles. The maximum atomic E-state index is 13.1. The predicted molar refractivity (Wildman–Crippen MR) is 133 cm³/mol. The van der Waals surface area contributed by atoms with Gasteiger partial charge >= 0.3 is 11.7 Å². The summed E-state index contributed by atoms with van der Waals surface area (Å²) in [4.78, 5) is 42.5. The van der Waals surface area contributed by atoms with Gasteiger partial charge in [0, 0.05) is 22.0 Å². The predicted octanol–water partition coefficient (Wildman–Crippen LogP) is 1.33. The van der Waals surface area contributed by atoms with Crippen molar-refractivity contribution in [1.29, 1.82) is 0 Å². The van der Waals surface area contributed by atoms with Crippen molar-refractivity contribution in [3.63, 3.8) is 0 Å². The second-order valence-corrected chi connectivity index (χ2v) is 9.67. The molecule has 1 aromatic heterocycles. The molecule has 12 heteroatoms. The fraction of sp³-hybridized carbons (Fsp3) is 0.304. The van der Waals surface area contributed by atoms with Crippen molar-refractivity contribution >= 4 is 46.6 Å². The molecule has 0 fully saturated rings. The van der Waals surface area contributed by atoms with Crippen molar-refractivity contribution in [2.45, 2.75) is 38.6 Å². The zero-order valence-corrected chi connectivity index (χ0v) is 21.3. The Morgan fingerprint density at radius 2 is 1.66 bits per heavy atom. The molecule has 1 amide bonds. The molecule has 3 rings (SSSR count). The normalized spacial score (nSPS) is 12.5. The number of benzene rings is 2. The highest BCUT2D eigenvalue weighted by atomic mass is 35.5. The minimum atomic E-state index is -0.562. The topological polar surface area (TPSA) is 138 Å². The standard InChI is InChI=1S/C23H25Cl2N5O4S/c24-17-8-4-15(5-9-17)13-30-23(33)29(14-34-21(32)19(27)3-1-2-12-26)22(35-30)28-20(31)16-6-10-18(25)11-7-16/h4-11,19H,1-3,12-14,26-27H2/p+2. The number of carbonyl (C=O) groups is 2. The lowest BCUT2D eigenvalue weighted by atomic mass is 10.1. The molecule has 2 aromatic carbocycles. The van der Waals surface area contributed by atoms with Crippen molar-refractivity contribution < 1.29 is 25.8 Å². The number of hydrogen-bond donors (Lipinski definition) is 2. The van der Waals surface area contributed by atoms with Crippen molar-refractivity contribution in [2.75, 3.05) is 6.54 Å². The summed E-state index contributed by atoms with van der Waals surface area (Å²) in [7, 11) is 0. The first-order valence-electron chi connectivity index (χ1n) is 11.0. The number of halogens is 2. The molecule has 0 saturated carbocycles. The molecule has 1 unspecified atom stereocenters. The Kier molecular flexibility index (Phi) is 9.82. The second-order valence-electron chi connectivity index (χ2n) is 7.81. The molecule has 0 aliphatic heterocycles. The van der Waals surface area contributed by atoms with Crippen LogP contribution in [0.15, 0.2) is 58.3 Å². The Hall–Kier alpha value is -2.76. The van der Waals surface area contributed by atoms with E-state index < -0.39 is 23.6 Å². The Morgan fingerprint density at radius 1 is 1.03 bits per heavy atom. The summed E-state index contributed by atoms with van der Waals surface area (Å²) < 4.78 is 7.95. The molecule has 0 bridgehead atoms. The quantitative estimate of drug-likeness (QED) is 0.296. The Labute approximate surface area is 215 Å². The molecule has 0 radical (unpaired) electrons. The van der Waals surface area contributed by atoms with Crippen molar-refractivity contribution in [2.24, 2.45) is 4.99 Å². The summed E-state index contributed by atoms with van der Waals surface area (Å²) in [6.45, 7) is 0.643. The highest BCUT2D eigenvalue weighted by molar-refractivity contribution is 7.03. The number of amides is 1. The molecule has 186 valence electrons. The molecular weight excluding hydrogens is 513 g/mol. The zero-order valence-electron chi connectivity index (χ0n) is 19.0. The number of esters is 1. The van der Waals surface area contributed by atoms with Gasteiger partial charge in [-0.15, -0.1) is 0 Å². The first kappa shape index (κ1) is 26.8. The van der Waals surface area contributed by atoms with Gasteiger partial charge in [0.2, 0.25) is 4.80 Å². The average Bonchev–Trinajstić information content (AvgIpc) is 3.12. The number of quaternary nitrogens is 2. The lowest BCUT2D eigenvalue weighted by Gasteiger charge is -2.08. The van der Waals surface area contributed by atoms with E-state index in [1.807, 2.05) is 0 Å². The highest BCUT2D eigenvalue weighted by Gasteiger charge is 2.20. The van der Waals surface area contributed by atoms with Crippen LogP contribution in [0.2, 0.25) is 10.0 Å². The first-order valence-corrected chi connectivity index (χ1v) is 12.5. The Morgan fingerprint density at radius 3 is 2.29 bits per heavy atom. The third-order valence-corrected chi connectivity index (χ3v) is 6.60. The van der Waals surface area contributed by atoms with E-state index in [0.29, 0.717) is 22.0 Å². The number of hydrogen-bond acceptors (Lipinski definition) is 5. The van der Waals surface area contributed by atoms with Gasteiger partial charge in [-0.05, 0) is 66.3 Å². The van der Waals surface area contributed by atoms with Gasteiger partial charge in [-0.3, -0.25) is 4.79 Å². The van der Waals surface area contributed by atoms with E-state index in [4.69, 9.17) is 27.9 Å². The number of aromatic nitrogens is 2. The van der Waals surface area contributed by atoms with Gasteiger partial charge in [-0.25, -0.2) is 18.1 Å². The van der Waals surface area contributed by atoms with Crippen LogP contribution < -0.4 is 22.0 Å². The minimum Gasteiger partial charge on any atom is -0.439 e. The second kappa shape index (κ2) is 12.8. The summed E-state index contributed by atoms with van der Waals surface area (Å²) in [5, 5.41) is 1.07. The molecule has 0 aliphatic rings. The van der Waals surface area contributed by atoms with Gasteiger partial charge in [-0.1, -0.05) is 35.3 Å². The van der Waals surface area contributed by atoms with E-state index in [9.17, 15) is 14.4 Å². The Bertz CT molecular complexity index is 1280. The number of unbranched alkanes of at least 4 members (excludes halogenated alkanes) is 1. The van der Waals surface area contributed by atoms with Crippen LogP contribution in [0.3, 0.4) is 0 Å². The average molecular weight is 540 g/mol. The van der Waals surface area contributed by atoms with E-state index >= 15 is 0 Å². The van der Waals surface area contributed by atoms with Gasteiger partial charge in [0.05, 0.1) is 13.1 Å². The van der Waals surface area contributed by atoms with Crippen LogP contribution in [0, 0.1) is 0 Å². The molecule has 9 nitrogen and oxygen atoms in total. The summed E-state index contributed by atoms with van der Waals surface area (Å²) in [5.74, 6) is -1.07. The van der Waals surface area contributed by atoms with Gasteiger partial charge in [0.1, 0.15) is 0 Å². The van der Waals surface area contributed by atoms with E-state index in [0.717, 1.165) is 41.0 Å². The van der Waals surface area contributed by atoms with Crippen LogP contribution >= 0.6 is 34.7 Å². The summed E-state index contributed by atoms with van der Waals surface area (Å²) >= 11 is 12.8. The number of nitrogens with zero attached hydrogens (tertiary/aromatic N) is 3. The summed E-state index contributed by atoms with van der Waals surface area (Å²) in [5.41, 5.74) is 8.31. The molecule has 0 spiro atoms. The highest BCUT2D eigenvalue weighted by Crippen LogP contribution is 2.12. The summed E-state index contributed by atoms with van der Waals surface area (Å²) in [6.07, 6.45) is 2.27. The number of ether oxygens (including phenoxy) is 1. The van der Waals surface area contributed by atoms with Gasteiger partial charge < -0.3 is 16.2 Å². The fourth-order valence-corrected chi connectivity index (χ4v) is 4.32. The third-order valence-electron chi connectivity index (χ3n) is 5.12. The van der Waals surface area contributed by atoms with Crippen LogP contribution in [0.4, 0.5) is 0 Å². The molecule has 0 aliphatic carbocycles. The van der Waals surface area contributed by atoms with Crippen molar-refractivity contribution in [3.8, 4) is 0 Å². The van der Waals surface area contributed by atoms with E-state index in [1.54, 1.807) is 48.5 Å². The zero-order chi connectivity index (χ0) is 25.4. The molecular formula is C23H27Cl2N5O4S+2. The van der Waals surface area contributed by atoms with Gasteiger partial charge in [0.25, 0.3) is 5.91 Å².